The molecular weight excluding hydrogens is 307 g/mol. The SMILES string of the molecule is Fc1ccc(Cl)c(Oc2nccc(Oc3ccccc3)n2)c1. The minimum absolute atomic E-state index is 0.0148. The Morgan fingerprint density at radius 1 is 0.955 bits per heavy atom. The first-order chi connectivity index (χ1) is 10.7. The summed E-state index contributed by atoms with van der Waals surface area (Å²) in [7, 11) is 0. The molecule has 1 heterocycles. The van der Waals surface area contributed by atoms with E-state index in [1.54, 1.807) is 18.2 Å². The molecule has 0 atom stereocenters. The highest BCUT2D eigenvalue weighted by Gasteiger charge is 2.08. The van der Waals surface area contributed by atoms with Crippen LogP contribution in [0.25, 0.3) is 0 Å². The summed E-state index contributed by atoms with van der Waals surface area (Å²) >= 11 is 5.94. The van der Waals surface area contributed by atoms with Gasteiger partial charge in [-0.1, -0.05) is 29.8 Å². The van der Waals surface area contributed by atoms with Crippen LogP contribution in [0.2, 0.25) is 5.02 Å². The lowest BCUT2D eigenvalue weighted by atomic mass is 10.3. The Balaban J connectivity index is 1.81. The van der Waals surface area contributed by atoms with Crippen molar-refractivity contribution in [1.82, 2.24) is 9.97 Å². The van der Waals surface area contributed by atoms with Gasteiger partial charge in [0, 0.05) is 18.3 Å². The molecule has 22 heavy (non-hydrogen) atoms. The van der Waals surface area contributed by atoms with Crippen LogP contribution >= 0.6 is 11.6 Å². The van der Waals surface area contributed by atoms with Gasteiger partial charge in [0.2, 0.25) is 5.88 Å². The Hall–Kier alpha value is -2.66. The Morgan fingerprint density at radius 3 is 2.59 bits per heavy atom. The standard InChI is InChI=1S/C16H10ClFN2O2/c17-13-7-6-11(18)10-14(13)22-16-19-9-8-15(20-16)21-12-4-2-1-3-5-12/h1-10H. The monoisotopic (exact) mass is 316 g/mol. The second kappa shape index (κ2) is 6.41. The van der Waals surface area contributed by atoms with E-state index in [0.717, 1.165) is 6.07 Å². The van der Waals surface area contributed by atoms with Crippen molar-refractivity contribution >= 4 is 11.6 Å². The van der Waals surface area contributed by atoms with Gasteiger partial charge < -0.3 is 9.47 Å². The van der Waals surface area contributed by atoms with Crippen molar-refractivity contribution in [2.24, 2.45) is 0 Å². The number of benzene rings is 2. The first-order valence-corrected chi connectivity index (χ1v) is 6.77. The fourth-order valence-electron chi connectivity index (χ4n) is 1.69. The molecule has 0 aliphatic rings. The first kappa shape index (κ1) is 14.3. The molecule has 0 unspecified atom stereocenters. The molecule has 0 N–H and O–H groups in total. The zero-order valence-electron chi connectivity index (χ0n) is 11.2. The molecule has 6 heteroatoms. The van der Waals surface area contributed by atoms with Crippen molar-refractivity contribution in [3.63, 3.8) is 0 Å². The smallest absolute Gasteiger partial charge is 0.325 e. The van der Waals surface area contributed by atoms with Crippen molar-refractivity contribution in [2.75, 3.05) is 0 Å². The van der Waals surface area contributed by atoms with E-state index in [2.05, 4.69) is 9.97 Å². The second-order valence-corrected chi connectivity index (χ2v) is 4.68. The quantitative estimate of drug-likeness (QED) is 0.690. The molecule has 2 aromatic carbocycles. The number of aromatic nitrogens is 2. The fraction of sp³-hybridized carbons (Fsp3) is 0. The average Bonchev–Trinajstić information content (AvgIpc) is 2.52. The molecule has 3 aromatic rings. The number of nitrogens with zero attached hydrogens (tertiary/aromatic N) is 2. The third-order valence-electron chi connectivity index (χ3n) is 2.67. The van der Waals surface area contributed by atoms with Gasteiger partial charge in [-0.2, -0.15) is 4.98 Å². The summed E-state index contributed by atoms with van der Waals surface area (Å²) in [5.74, 6) is 0.620. The summed E-state index contributed by atoms with van der Waals surface area (Å²) in [4.78, 5) is 8.05. The molecule has 0 aliphatic heterocycles. The lowest BCUT2D eigenvalue weighted by Crippen LogP contribution is -1.95. The van der Waals surface area contributed by atoms with Crippen molar-refractivity contribution in [3.8, 4) is 23.4 Å². The van der Waals surface area contributed by atoms with Crippen LogP contribution in [-0.2, 0) is 0 Å². The maximum absolute atomic E-state index is 13.2. The maximum Gasteiger partial charge on any atom is 0.325 e. The van der Waals surface area contributed by atoms with E-state index < -0.39 is 5.82 Å². The van der Waals surface area contributed by atoms with Crippen LogP contribution in [0.3, 0.4) is 0 Å². The summed E-state index contributed by atoms with van der Waals surface area (Å²) in [5.41, 5.74) is 0. The molecule has 0 spiro atoms. The molecule has 0 saturated heterocycles. The number of para-hydroxylation sites is 1. The van der Waals surface area contributed by atoms with Gasteiger partial charge >= 0.3 is 6.01 Å². The number of ether oxygens (including phenoxy) is 2. The van der Waals surface area contributed by atoms with E-state index in [1.165, 1.54) is 18.3 Å². The highest BCUT2D eigenvalue weighted by molar-refractivity contribution is 6.32. The Kier molecular flexibility index (Phi) is 4.16. The van der Waals surface area contributed by atoms with Gasteiger partial charge in [0.1, 0.15) is 11.6 Å². The van der Waals surface area contributed by atoms with Crippen molar-refractivity contribution in [3.05, 3.63) is 71.6 Å². The number of hydrogen-bond donors (Lipinski definition) is 0. The third kappa shape index (κ3) is 3.51. The van der Waals surface area contributed by atoms with Crippen molar-refractivity contribution in [1.29, 1.82) is 0 Å². The molecular formula is C16H10ClFN2O2. The Labute approximate surface area is 131 Å². The first-order valence-electron chi connectivity index (χ1n) is 6.39. The fourth-order valence-corrected chi connectivity index (χ4v) is 1.85. The van der Waals surface area contributed by atoms with Crippen LogP contribution in [-0.4, -0.2) is 9.97 Å². The van der Waals surface area contributed by atoms with Crippen molar-refractivity contribution < 1.29 is 13.9 Å². The molecule has 4 nitrogen and oxygen atoms in total. The predicted molar refractivity (Wildman–Crippen MR) is 80.0 cm³/mol. The normalized spacial score (nSPS) is 10.3. The van der Waals surface area contributed by atoms with Crippen LogP contribution in [0.15, 0.2) is 60.8 Å². The molecule has 1 aromatic heterocycles. The van der Waals surface area contributed by atoms with Gasteiger partial charge in [-0.3, -0.25) is 0 Å². The highest BCUT2D eigenvalue weighted by Crippen LogP contribution is 2.29. The largest absolute Gasteiger partial charge is 0.439 e. The van der Waals surface area contributed by atoms with Crippen molar-refractivity contribution in [2.45, 2.75) is 0 Å². The van der Waals surface area contributed by atoms with E-state index in [-0.39, 0.29) is 16.8 Å². The van der Waals surface area contributed by atoms with Crippen LogP contribution in [0.4, 0.5) is 4.39 Å². The maximum atomic E-state index is 13.2. The van der Waals surface area contributed by atoms with E-state index in [9.17, 15) is 4.39 Å². The van der Waals surface area contributed by atoms with Crippen LogP contribution in [0.1, 0.15) is 0 Å². The molecule has 3 rings (SSSR count). The van der Waals surface area contributed by atoms with E-state index in [4.69, 9.17) is 21.1 Å². The molecule has 110 valence electrons. The van der Waals surface area contributed by atoms with Gasteiger partial charge in [0.15, 0.2) is 5.75 Å². The zero-order chi connectivity index (χ0) is 15.4. The Morgan fingerprint density at radius 2 is 1.77 bits per heavy atom. The molecule has 0 radical (unpaired) electrons. The third-order valence-corrected chi connectivity index (χ3v) is 2.98. The van der Waals surface area contributed by atoms with Gasteiger partial charge in [-0.25, -0.2) is 9.37 Å². The minimum atomic E-state index is -0.462. The van der Waals surface area contributed by atoms with Crippen LogP contribution < -0.4 is 9.47 Å². The number of halogens is 2. The van der Waals surface area contributed by atoms with E-state index >= 15 is 0 Å². The predicted octanol–water partition coefficient (Wildman–Crippen LogP) is 4.85. The molecule has 0 fully saturated rings. The molecule has 0 bridgehead atoms. The lowest BCUT2D eigenvalue weighted by molar-refractivity contribution is 0.410. The van der Waals surface area contributed by atoms with Gasteiger partial charge in [0.25, 0.3) is 0 Å². The molecule has 0 saturated carbocycles. The van der Waals surface area contributed by atoms with Gasteiger partial charge in [0.05, 0.1) is 5.02 Å². The molecule has 0 aliphatic carbocycles. The lowest BCUT2D eigenvalue weighted by Gasteiger charge is -2.08. The summed E-state index contributed by atoms with van der Waals surface area (Å²) in [6, 6.07) is 14.6. The molecule has 0 amide bonds. The second-order valence-electron chi connectivity index (χ2n) is 4.27. The number of rotatable bonds is 4. The summed E-state index contributed by atoms with van der Waals surface area (Å²) in [6.45, 7) is 0. The topological polar surface area (TPSA) is 44.2 Å². The zero-order valence-corrected chi connectivity index (χ0v) is 12.0. The van der Waals surface area contributed by atoms with E-state index in [0.29, 0.717) is 11.6 Å². The van der Waals surface area contributed by atoms with E-state index in [1.807, 2.05) is 18.2 Å². The summed E-state index contributed by atoms with van der Waals surface area (Å²) in [6.07, 6.45) is 1.48. The highest BCUT2D eigenvalue weighted by atomic mass is 35.5. The summed E-state index contributed by atoms with van der Waals surface area (Å²) in [5, 5.41) is 0.263. The Bertz CT molecular complexity index is 784. The van der Waals surface area contributed by atoms with Crippen LogP contribution in [0, 0.1) is 5.82 Å². The summed E-state index contributed by atoms with van der Waals surface area (Å²) < 4.78 is 24.2. The average molecular weight is 317 g/mol. The minimum Gasteiger partial charge on any atom is -0.439 e. The van der Waals surface area contributed by atoms with Crippen LogP contribution in [0.5, 0.6) is 23.4 Å². The number of hydrogen-bond acceptors (Lipinski definition) is 4. The van der Waals surface area contributed by atoms with Gasteiger partial charge in [-0.05, 0) is 24.3 Å². The van der Waals surface area contributed by atoms with Gasteiger partial charge in [-0.15, -0.1) is 0 Å².